The molecule has 3 rings (SSSR count). The summed E-state index contributed by atoms with van der Waals surface area (Å²) in [6.45, 7) is 3.98. The van der Waals surface area contributed by atoms with Crippen molar-refractivity contribution >= 4 is 17.4 Å². The molecule has 0 radical (unpaired) electrons. The molecule has 0 saturated carbocycles. The summed E-state index contributed by atoms with van der Waals surface area (Å²) in [6.07, 6.45) is 3.29. The molecule has 24 heavy (non-hydrogen) atoms. The normalized spacial score (nSPS) is 10.8. The van der Waals surface area contributed by atoms with Crippen LogP contribution in [-0.4, -0.2) is 36.0 Å². The minimum Gasteiger partial charge on any atom is -0.307 e. The van der Waals surface area contributed by atoms with E-state index in [1.54, 1.807) is 34.9 Å². The van der Waals surface area contributed by atoms with Crippen molar-refractivity contribution in [2.24, 2.45) is 7.05 Å². The fourth-order valence-electron chi connectivity index (χ4n) is 2.28. The van der Waals surface area contributed by atoms with Gasteiger partial charge in [0.2, 0.25) is 0 Å². The molecule has 2 N–H and O–H groups in total. The van der Waals surface area contributed by atoms with Gasteiger partial charge in [-0.25, -0.2) is 9.48 Å². The Morgan fingerprint density at radius 2 is 2.00 bits per heavy atom. The molecule has 9 heteroatoms. The summed E-state index contributed by atoms with van der Waals surface area (Å²) in [5.74, 6) is 0.599. The highest BCUT2D eigenvalue weighted by molar-refractivity contribution is 6.01. The van der Waals surface area contributed by atoms with Gasteiger partial charge in [-0.15, -0.1) is 5.10 Å². The van der Waals surface area contributed by atoms with E-state index >= 15 is 0 Å². The number of nitrogens with one attached hydrogen (secondary N) is 2. The zero-order valence-electron chi connectivity index (χ0n) is 13.6. The Bertz CT molecular complexity index is 851. The molecule has 2 amide bonds. The van der Waals surface area contributed by atoms with Crippen LogP contribution in [0.4, 0.5) is 16.2 Å². The van der Waals surface area contributed by atoms with Gasteiger partial charge < -0.3 is 10.6 Å². The second kappa shape index (κ2) is 6.49. The molecule has 0 bridgehead atoms. The molecule has 0 saturated heterocycles. The lowest BCUT2D eigenvalue weighted by Gasteiger charge is -2.12. The SMILES string of the molecule is CC(C)n1nnnc1-c1ccccc1NC(=O)Nc1cnn(C)c1. The van der Waals surface area contributed by atoms with Gasteiger partial charge in [0.05, 0.1) is 23.6 Å². The van der Waals surface area contributed by atoms with E-state index in [0.717, 1.165) is 5.56 Å². The fourth-order valence-corrected chi connectivity index (χ4v) is 2.28. The second-order valence-electron chi connectivity index (χ2n) is 5.57. The van der Waals surface area contributed by atoms with E-state index in [1.165, 1.54) is 0 Å². The summed E-state index contributed by atoms with van der Waals surface area (Å²) in [5, 5.41) is 21.4. The van der Waals surface area contributed by atoms with Crippen molar-refractivity contribution in [3.05, 3.63) is 36.7 Å². The topological polar surface area (TPSA) is 103 Å². The van der Waals surface area contributed by atoms with Crippen molar-refractivity contribution in [3.63, 3.8) is 0 Å². The molecule has 0 atom stereocenters. The number of amides is 2. The molecule has 9 nitrogen and oxygen atoms in total. The van der Waals surface area contributed by atoms with Crippen molar-refractivity contribution in [2.45, 2.75) is 19.9 Å². The van der Waals surface area contributed by atoms with Crippen LogP contribution in [-0.2, 0) is 7.05 Å². The number of rotatable bonds is 4. The molecule has 2 heterocycles. The predicted molar refractivity (Wildman–Crippen MR) is 89.5 cm³/mol. The Morgan fingerprint density at radius 3 is 2.71 bits per heavy atom. The van der Waals surface area contributed by atoms with Crippen molar-refractivity contribution in [1.82, 2.24) is 30.0 Å². The van der Waals surface area contributed by atoms with Crippen LogP contribution in [0.5, 0.6) is 0 Å². The third kappa shape index (κ3) is 3.24. The number of benzene rings is 1. The molecule has 1 aromatic carbocycles. The molecule has 0 aliphatic carbocycles. The number of urea groups is 1. The van der Waals surface area contributed by atoms with Gasteiger partial charge in [0.15, 0.2) is 5.82 Å². The molecule has 0 aliphatic heterocycles. The van der Waals surface area contributed by atoms with Gasteiger partial charge in [0, 0.05) is 18.8 Å². The van der Waals surface area contributed by atoms with Crippen molar-refractivity contribution in [3.8, 4) is 11.4 Å². The number of aromatic nitrogens is 6. The molecule has 3 aromatic rings. The van der Waals surface area contributed by atoms with Crippen LogP contribution in [0.2, 0.25) is 0 Å². The molecule has 0 fully saturated rings. The summed E-state index contributed by atoms with van der Waals surface area (Å²) < 4.78 is 3.32. The number of nitrogens with zero attached hydrogens (tertiary/aromatic N) is 6. The number of carbonyl (C=O) groups is 1. The molecule has 0 spiro atoms. The van der Waals surface area contributed by atoms with E-state index in [0.29, 0.717) is 17.2 Å². The zero-order chi connectivity index (χ0) is 17.1. The van der Waals surface area contributed by atoms with Crippen LogP contribution in [0.3, 0.4) is 0 Å². The number of aryl methyl sites for hydroxylation is 1. The minimum atomic E-state index is -0.362. The lowest BCUT2D eigenvalue weighted by atomic mass is 10.1. The van der Waals surface area contributed by atoms with E-state index in [2.05, 4.69) is 31.3 Å². The first-order chi connectivity index (χ1) is 11.5. The largest absolute Gasteiger partial charge is 0.323 e. The Kier molecular flexibility index (Phi) is 4.23. The summed E-state index contributed by atoms with van der Waals surface area (Å²) in [5.41, 5.74) is 1.98. The first-order valence-corrected chi connectivity index (χ1v) is 7.48. The van der Waals surface area contributed by atoms with Crippen molar-refractivity contribution in [2.75, 3.05) is 10.6 Å². The quantitative estimate of drug-likeness (QED) is 0.766. The molecule has 0 aliphatic rings. The van der Waals surface area contributed by atoms with Gasteiger partial charge in [-0.05, 0) is 36.4 Å². The molecule has 0 unspecified atom stereocenters. The van der Waals surface area contributed by atoms with E-state index in [9.17, 15) is 4.79 Å². The number of carbonyl (C=O) groups excluding carboxylic acids is 1. The second-order valence-corrected chi connectivity index (χ2v) is 5.57. The Balaban J connectivity index is 1.84. The average molecular weight is 326 g/mol. The van der Waals surface area contributed by atoms with E-state index < -0.39 is 0 Å². The van der Waals surface area contributed by atoms with Crippen molar-refractivity contribution in [1.29, 1.82) is 0 Å². The van der Waals surface area contributed by atoms with Gasteiger partial charge in [-0.3, -0.25) is 4.68 Å². The monoisotopic (exact) mass is 326 g/mol. The highest BCUT2D eigenvalue weighted by atomic mass is 16.2. The lowest BCUT2D eigenvalue weighted by Crippen LogP contribution is -2.20. The first kappa shape index (κ1) is 15.7. The number of anilines is 2. The van der Waals surface area contributed by atoms with Gasteiger partial charge in [0.1, 0.15) is 0 Å². The molecule has 2 aromatic heterocycles. The van der Waals surface area contributed by atoms with Gasteiger partial charge in [-0.1, -0.05) is 12.1 Å². The highest BCUT2D eigenvalue weighted by Gasteiger charge is 2.16. The highest BCUT2D eigenvalue weighted by Crippen LogP contribution is 2.27. The number of hydrogen-bond donors (Lipinski definition) is 2. The van der Waals surface area contributed by atoms with E-state index in [1.807, 2.05) is 32.0 Å². The van der Waals surface area contributed by atoms with Crippen LogP contribution in [0.25, 0.3) is 11.4 Å². The van der Waals surface area contributed by atoms with Crippen LogP contribution in [0.1, 0.15) is 19.9 Å². The molecular formula is C15H18N8O. The first-order valence-electron chi connectivity index (χ1n) is 7.48. The van der Waals surface area contributed by atoms with Crippen LogP contribution in [0, 0.1) is 0 Å². The summed E-state index contributed by atoms with van der Waals surface area (Å²) in [6, 6.07) is 7.12. The number of para-hydroxylation sites is 1. The van der Waals surface area contributed by atoms with Crippen LogP contribution < -0.4 is 10.6 Å². The average Bonchev–Trinajstić information content (AvgIpc) is 3.17. The van der Waals surface area contributed by atoms with Gasteiger partial charge >= 0.3 is 6.03 Å². The maximum Gasteiger partial charge on any atom is 0.323 e. The molecular weight excluding hydrogens is 308 g/mol. The summed E-state index contributed by atoms with van der Waals surface area (Å²) >= 11 is 0. The third-order valence-corrected chi connectivity index (χ3v) is 3.36. The molecule has 124 valence electrons. The van der Waals surface area contributed by atoms with Crippen LogP contribution in [0.15, 0.2) is 36.7 Å². The summed E-state index contributed by atoms with van der Waals surface area (Å²) in [4.78, 5) is 12.2. The third-order valence-electron chi connectivity index (χ3n) is 3.36. The number of hydrogen-bond acceptors (Lipinski definition) is 5. The zero-order valence-corrected chi connectivity index (χ0v) is 13.6. The number of tetrazole rings is 1. The van der Waals surface area contributed by atoms with Crippen LogP contribution >= 0.6 is 0 Å². The van der Waals surface area contributed by atoms with E-state index in [4.69, 9.17) is 0 Å². The standard InChI is InChI=1S/C15H18N8O/c1-10(2)23-14(19-20-21-23)12-6-4-5-7-13(12)18-15(24)17-11-8-16-22(3)9-11/h4-10H,1-3H3,(H2,17,18,24). The van der Waals surface area contributed by atoms with Gasteiger partial charge in [0.25, 0.3) is 0 Å². The minimum absolute atomic E-state index is 0.104. The fraction of sp³-hybridized carbons (Fsp3) is 0.267. The van der Waals surface area contributed by atoms with Gasteiger partial charge in [-0.2, -0.15) is 5.10 Å². The van der Waals surface area contributed by atoms with E-state index in [-0.39, 0.29) is 12.1 Å². The maximum absolute atomic E-state index is 12.2. The smallest absolute Gasteiger partial charge is 0.307 e. The Labute approximate surface area is 138 Å². The van der Waals surface area contributed by atoms with Crippen molar-refractivity contribution < 1.29 is 4.79 Å². The Hall–Kier alpha value is -3.23. The lowest BCUT2D eigenvalue weighted by molar-refractivity contribution is 0.262. The Morgan fingerprint density at radius 1 is 1.21 bits per heavy atom. The maximum atomic E-state index is 12.2. The predicted octanol–water partition coefficient (Wildman–Crippen LogP) is 2.30. The summed E-state index contributed by atoms with van der Waals surface area (Å²) in [7, 11) is 1.78.